The molecule has 108 valence electrons. The minimum absolute atomic E-state index is 0. The Hall–Kier alpha value is -1.79. The number of nitrogens with one attached hydrogen (secondary N) is 2. The molecular weight excluding hydrogens is 280 g/mol. The van der Waals surface area contributed by atoms with Crippen LogP contribution in [0.5, 0.6) is 0 Å². The highest BCUT2D eigenvalue weighted by molar-refractivity contribution is 5.93. The Morgan fingerprint density at radius 3 is 3.05 bits per heavy atom. The number of halogens is 1. The molecule has 20 heavy (non-hydrogen) atoms. The minimum atomic E-state index is -0.0299. The van der Waals surface area contributed by atoms with Crippen molar-refractivity contribution in [2.45, 2.75) is 6.42 Å². The monoisotopic (exact) mass is 296 g/mol. The summed E-state index contributed by atoms with van der Waals surface area (Å²) in [5.74, 6) is 0.654. The molecule has 1 aliphatic rings. The lowest BCUT2D eigenvalue weighted by Gasteiger charge is -2.18. The van der Waals surface area contributed by atoms with Crippen LogP contribution < -0.4 is 5.32 Å². The maximum atomic E-state index is 12.3. The topological polar surface area (TPSA) is 74.2 Å². The predicted octanol–water partition coefficient (Wildman–Crippen LogP) is 1.53. The van der Waals surface area contributed by atoms with Gasteiger partial charge >= 0.3 is 0 Å². The minimum Gasteiger partial charge on any atom is -0.463 e. The van der Waals surface area contributed by atoms with Crippen LogP contribution in [-0.4, -0.2) is 47.2 Å². The summed E-state index contributed by atoms with van der Waals surface area (Å²) >= 11 is 0. The van der Waals surface area contributed by atoms with Gasteiger partial charge < -0.3 is 14.6 Å². The van der Waals surface area contributed by atoms with Gasteiger partial charge in [-0.3, -0.25) is 9.89 Å². The molecule has 0 aromatic carbocycles. The lowest BCUT2D eigenvalue weighted by Crippen LogP contribution is -2.34. The van der Waals surface area contributed by atoms with E-state index in [0.717, 1.165) is 38.3 Å². The Morgan fingerprint density at radius 1 is 1.35 bits per heavy atom. The second-order valence-electron chi connectivity index (χ2n) is 4.54. The van der Waals surface area contributed by atoms with Gasteiger partial charge in [0, 0.05) is 25.7 Å². The molecule has 0 spiro atoms. The highest BCUT2D eigenvalue weighted by atomic mass is 35.5. The molecule has 0 bridgehead atoms. The molecule has 7 heteroatoms. The number of aromatic nitrogens is 2. The highest BCUT2D eigenvalue weighted by Crippen LogP contribution is 2.18. The molecule has 3 rings (SSSR count). The number of furan rings is 1. The highest BCUT2D eigenvalue weighted by Gasteiger charge is 2.20. The van der Waals surface area contributed by atoms with Gasteiger partial charge in [-0.1, -0.05) is 0 Å². The smallest absolute Gasteiger partial charge is 0.274 e. The summed E-state index contributed by atoms with van der Waals surface area (Å²) in [5.41, 5.74) is 1.16. The van der Waals surface area contributed by atoms with Gasteiger partial charge in [-0.05, 0) is 25.1 Å². The van der Waals surface area contributed by atoms with Gasteiger partial charge in [-0.25, -0.2) is 0 Å². The molecule has 1 amide bonds. The normalized spacial score (nSPS) is 15.5. The van der Waals surface area contributed by atoms with Gasteiger partial charge in [0.2, 0.25) is 0 Å². The lowest BCUT2D eigenvalue weighted by atomic mass is 10.2. The van der Waals surface area contributed by atoms with Crippen LogP contribution in [0.3, 0.4) is 0 Å². The summed E-state index contributed by atoms with van der Waals surface area (Å²) in [6.45, 7) is 3.29. The zero-order valence-electron chi connectivity index (χ0n) is 11.0. The molecular formula is C13H17ClN4O2. The molecule has 2 aromatic heterocycles. The van der Waals surface area contributed by atoms with Gasteiger partial charge in [0.15, 0.2) is 11.5 Å². The van der Waals surface area contributed by atoms with E-state index in [4.69, 9.17) is 4.42 Å². The van der Waals surface area contributed by atoms with E-state index in [2.05, 4.69) is 15.5 Å². The molecule has 0 atom stereocenters. The first kappa shape index (κ1) is 14.6. The molecule has 0 radical (unpaired) electrons. The van der Waals surface area contributed by atoms with Gasteiger partial charge in [0.1, 0.15) is 5.69 Å². The first-order valence-electron chi connectivity index (χ1n) is 6.44. The number of carbonyl (C=O) groups is 1. The summed E-state index contributed by atoms with van der Waals surface area (Å²) in [6, 6.07) is 5.37. The Balaban J connectivity index is 0.00000147. The van der Waals surface area contributed by atoms with Crippen molar-refractivity contribution in [3.05, 3.63) is 30.2 Å². The van der Waals surface area contributed by atoms with E-state index in [9.17, 15) is 4.79 Å². The Kier molecular flexibility index (Phi) is 4.81. The zero-order valence-corrected chi connectivity index (χ0v) is 11.8. The third-order valence-electron chi connectivity index (χ3n) is 3.21. The largest absolute Gasteiger partial charge is 0.463 e. The van der Waals surface area contributed by atoms with Crippen LogP contribution in [0.25, 0.3) is 11.5 Å². The van der Waals surface area contributed by atoms with Gasteiger partial charge in [0.05, 0.1) is 6.26 Å². The van der Waals surface area contributed by atoms with Gasteiger partial charge in [-0.15, -0.1) is 12.4 Å². The fraction of sp³-hybridized carbons (Fsp3) is 0.385. The van der Waals surface area contributed by atoms with Crippen molar-refractivity contribution in [1.29, 1.82) is 0 Å². The van der Waals surface area contributed by atoms with E-state index >= 15 is 0 Å². The molecule has 3 heterocycles. The molecule has 1 fully saturated rings. The average molecular weight is 297 g/mol. The Bertz CT molecular complexity index is 544. The fourth-order valence-corrected chi connectivity index (χ4v) is 2.20. The zero-order chi connectivity index (χ0) is 13.1. The first-order valence-corrected chi connectivity index (χ1v) is 6.44. The molecule has 0 saturated carbocycles. The van der Waals surface area contributed by atoms with Crippen molar-refractivity contribution < 1.29 is 9.21 Å². The van der Waals surface area contributed by atoms with Crippen molar-refractivity contribution in [2.75, 3.05) is 26.2 Å². The van der Waals surface area contributed by atoms with E-state index in [1.165, 1.54) is 0 Å². The summed E-state index contributed by atoms with van der Waals surface area (Å²) in [7, 11) is 0. The maximum absolute atomic E-state index is 12.3. The SMILES string of the molecule is Cl.O=C(c1cc(-c2ccco2)[nH]n1)N1CCCNCC1. The molecule has 2 N–H and O–H groups in total. The van der Waals surface area contributed by atoms with E-state index in [1.54, 1.807) is 18.4 Å². The van der Waals surface area contributed by atoms with Crippen LogP contribution in [0.4, 0.5) is 0 Å². The lowest BCUT2D eigenvalue weighted by molar-refractivity contribution is 0.0760. The summed E-state index contributed by atoms with van der Waals surface area (Å²) in [4.78, 5) is 14.2. The number of amides is 1. The number of H-pyrrole nitrogens is 1. The van der Waals surface area contributed by atoms with E-state index < -0.39 is 0 Å². The Labute approximate surface area is 122 Å². The van der Waals surface area contributed by atoms with Crippen LogP contribution >= 0.6 is 12.4 Å². The van der Waals surface area contributed by atoms with E-state index in [1.807, 2.05) is 11.0 Å². The molecule has 0 unspecified atom stereocenters. The standard InChI is InChI=1S/C13H16N4O2.ClH/c18-13(17-6-2-4-14-5-7-17)11-9-10(15-16-11)12-3-1-8-19-12;/h1,3,8-9,14H,2,4-7H2,(H,15,16);1H. The number of carbonyl (C=O) groups excluding carboxylic acids is 1. The maximum Gasteiger partial charge on any atom is 0.274 e. The molecule has 1 aliphatic heterocycles. The van der Waals surface area contributed by atoms with Crippen LogP contribution in [0.1, 0.15) is 16.9 Å². The fourth-order valence-electron chi connectivity index (χ4n) is 2.20. The van der Waals surface area contributed by atoms with E-state index in [-0.39, 0.29) is 18.3 Å². The van der Waals surface area contributed by atoms with Crippen molar-refractivity contribution in [1.82, 2.24) is 20.4 Å². The van der Waals surface area contributed by atoms with Crippen molar-refractivity contribution in [3.8, 4) is 11.5 Å². The van der Waals surface area contributed by atoms with Crippen LogP contribution in [0.2, 0.25) is 0 Å². The van der Waals surface area contributed by atoms with Gasteiger partial charge in [-0.2, -0.15) is 5.10 Å². The summed E-state index contributed by atoms with van der Waals surface area (Å²) in [5, 5.41) is 10.2. The number of rotatable bonds is 2. The Morgan fingerprint density at radius 2 is 2.25 bits per heavy atom. The average Bonchev–Trinajstić information content (AvgIpc) is 3.04. The third kappa shape index (κ3) is 3.02. The predicted molar refractivity (Wildman–Crippen MR) is 76.9 cm³/mol. The number of hydrogen-bond acceptors (Lipinski definition) is 4. The summed E-state index contributed by atoms with van der Waals surface area (Å²) in [6.07, 6.45) is 2.57. The van der Waals surface area contributed by atoms with Crippen LogP contribution in [-0.2, 0) is 0 Å². The van der Waals surface area contributed by atoms with Crippen molar-refractivity contribution in [2.24, 2.45) is 0 Å². The second-order valence-corrected chi connectivity index (χ2v) is 4.54. The van der Waals surface area contributed by atoms with Gasteiger partial charge in [0.25, 0.3) is 5.91 Å². The number of nitrogens with zero attached hydrogens (tertiary/aromatic N) is 2. The quantitative estimate of drug-likeness (QED) is 0.881. The van der Waals surface area contributed by atoms with Crippen LogP contribution in [0, 0.1) is 0 Å². The molecule has 0 aliphatic carbocycles. The van der Waals surface area contributed by atoms with E-state index in [0.29, 0.717) is 11.5 Å². The third-order valence-corrected chi connectivity index (χ3v) is 3.21. The second kappa shape index (κ2) is 6.58. The molecule has 2 aromatic rings. The number of hydrogen-bond donors (Lipinski definition) is 2. The van der Waals surface area contributed by atoms with Crippen molar-refractivity contribution in [3.63, 3.8) is 0 Å². The molecule has 6 nitrogen and oxygen atoms in total. The first-order chi connectivity index (χ1) is 9.34. The number of aromatic amines is 1. The molecule has 1 saturated heterocycles. The van der Waals surface area contributed by atoms with Crippen LogP contribution in [0.15, 0.2) is 28.9 Å². The summed E-state index contributed by atoms with van der Waals surface area (Å²) < 4.78 is 5.27. The van der Waals surface area contributed by atoms with Crippen molar-refractivity contribution >= 4 is 18.3 Å².